The predicted octanol–water partition coefficient (Wildman–Crippen LogP) is 2.59. The Bertz CT molecular complexity index is 738. The zero-order valence-electron chi connectivity index (χ0n) is 11.3. The molecule has 0 saturated carbocycles. The van der Waals surface area contributed by atoms with Gasteiger partial charge in [-0.05, 0) is 24.3 Å². The van der Waals surface area contributed by atoms with E-state index in [1.165, 1.54) is 6.07 Å². The quantitative estimate of drug-likeness (QED) is 0.879. The number of hydrogen-bond donors (Lipinski definition) is 1. The Balaban J connectivity index is 2.12. The molecule has 4 heteroatoms. The van der Waals surface area contributed by atoms with Crippen LogP contribution >= 0.6 is 0 Å². The highest BCUT2D eigenvalue weighted by Crippen LogP contribution is 2.17. The van der Waals surface area contributed by atoms with Gasteiger partial charge in [-0.1, -0.05) is 30.0 Å². The molecule has 0 aromatic heterocycles. The topological polar surface area (TPSA) is 59.0 Å². The van der Waals surface area contributed by atoms with E-state index in [1.54, 1.807) is 36.4 Å². The van der Waals surface area contributed by atoms with Crippen molar-refractivity contribution in [1.82, 2.24) is 0 Å². The van der Waals surface area contributed by atoms with E-state index in [0.29, 0.717) is 11.3 Å². The molecule has 0 atom stereocenters. The standard InChI is InChI=1S/C17H13FN2O/c18-17-14(11-20)6-2-7-15(17)12-21-16-8-1-4-13(10-16)5-3-9-19/h1-2,4,6-8,10H,9,12,19H2. The largest absolute Gasteiger partial charge is 0.489 e. The van der Waals surface area contributed by atoms with Gasteiger partial charge in [-0.3, -0.25) is 0 Å². The molecule has 0 fully saturated rings. The Kier molecular flexibility index (Phi) is 4.93. The number of rotatable bonds is 3. The minimum absolute atomic E-state index is 0.0127. The predicted molar refractivity (Wildman–Crippen MR) is 77.8 cm³/mol. The summed E-state index contributed by atoms with van der Waals surface area (Å²) < 4.78 is 19.4. The molecule has 21 heavy (non-hydrogen) atoms. The average molecular weight is 280 g/mol. The van der Waals surface area contributed by atoms with Gasteiger partial charge in [0.05, 0.1) is 12.1 Å². The lowest BCUT2D eigenvalue weighted by Crippen LogP contribution is -2.00. The molecule has 0 saturated heterocycles. The first-order valence-corrected chi connectivity index (χ1v) is 6.34. The monoisotopic (exact) mass is 280 g/mol. The molecule has 0 bridgehead atoms. The molecule has 0 aliphatic rings. The van der Waals surface area contributed by atoms with E-state index in [9.17, 15) is 4.39 Å². The van der Waals surface area contributed by atoms with E-state index in [1.807, 2.05) is 6.07 Å². The first-order valence-electron chi connectivity index (χ1n) is 6.34. The van der Waals surface area contributed by atoms with Crippen LogP contribution in [0.2, 0.25) is 0 Å². The summed E-state index contributed by atoms with van der Waals surface area (Å²) in [7, 11) is 0. The van der Waals surface area contributed by atoms with Crippen LogP contribution in [-0.4, -0.2) is 6.54 Å². The summed E-state index contributed by atoms with van der Waals surface area (Å²) in [6.45, 7) is 0.340. The third-order valence-corrected chi connectivity index (χ3v) is 2.76. The fraction of sp³-hybridized carbons (Fsp3) is 0.118. The van der Waals surface area contributed by atoms with Crippen molar-refractivity contribution in [2.75, 3.05) is 6.54 Å². The van der Waals surface area contributed by atoms with E-state index < -0.39 is 5.82 Å². The molecular weight excluding hydrogens is 267 g/mol. The van der Waals surface area contributed by atoms with Crippen LogP contribution in [0.3, 0.4) is 0 Å². The van der Waals surface area contributed by atoms with Crippen molar-refractivity contribution in [2.24, 2.45) is 5.73 Å². The number of hydrogen-bond acceptors (Lipinski definition) is 3. The minimum atomic E-state index is -0.543. The van der Waals surface area contributed by atoms with Gasteiger partial charge in [-0.25, -0.2) is 4.39 Å². The van der Waals surface area contributed by atoms with Gasteiger partial charge in [-0.15, -0.1) is 0 Å². The molecule has 0 aliphatic carbocycles. The summed E-state index contributed by atoms with van der Waals surface area (Å²) in [5.74, 6) is 5.70. The maximum Gasteiger partial charge on any atom is 0.147 e. The molecule has 0 aliphatic heterocycles. The van der Waals surface area contributed by atoms with Crippen molar-refractivity contribution in [1.29, 1.82) is 5.26 Å². The van der Waals surface area contributed by atoms with Crippen molar-refractivity contribution < 1.29 is 9.13 Å². The van der Waals surface area contributed by atoms with Gasteiger partial charge in [-0.2, -0.15) is 5.26 Å². The Labute approximate surface area is 122 Å². The Morgan fingerprint density at radius 1 is 1.19 bits per heavy atom. The van der Waals surface area contributed by atoms with Gasteiger partial charge in [0.2, 0.25) is 0 Å². The smallest absolute Gasteiger partial charge is 0.147 e. The molecule has 2 aromatic carbocycles. The zero-order chi connectivity index (χ0) is 15.1. The molecule has 0 heterocycles. The van der Waals surface area contributed by atoms with E-state index in [2.05, 4.69) is 11.8 Å². The number of nitriles is 1. The molecule has 0 unspecified atom stereocenters. The van der Waals surface area contributed by atoms with Crippen LogP contribution in [-0.2, 0) is 6.61 Å². The Morgan fingerprint density at radius 2 is 2.00 bits per heavy atom. The van der Waals surface area contributed by atoms with Crippen LogP contribution in [0, 0.1) is 29.0 Å². The second-order valence-electron chi connectivity index (χ2n) is 4.21. The molecule has 3 nitrogen and oxygen atoms in total. The fourth-order valence-corrected chi connectivity index (χ4v) is 1.76. The van der Waals surface area contributed by atoms with Gasteiger partial charge in [0.1, 0.15) is 24.2 Å². The van der Waals surface area contributed by atoms with Crippen LogP contribution in [0.25, 0.3) is 0 Å². The van der Waals surface area contributed by atoms with E-state index in [4.69, 9.17) is 15.7 Å². The van der Waals surface area contributed by atoms with Gasteiger partial charge >= 0.3 is 0 Å². The number of ether oxygens (including phenoxy) is 1. The number of nitrogens with zero attached hydrogens (tertiary/aromatic N) is 1. The molecule has 2 rings (SSSR count). The second kappa shape index (κ2) is 7.09. The summed E-state index contributed by atoms with van der Waals surface area (Å²) in [6.07, 6.45) is 0. The number of nitrogens with two attached hydrogens (primary N) is 1. The van der Waals surface area contributed by atoms with Gasteiger partial charge in [0, 0.05) is 11.1 Å². The van der Waals surface area contributed by atoms with Gasteiger partial charge in [0.25, 0.3) is 0 Å². The summed E-state index contributed by atoms with van der Waals surface area (Å²) >= 11 is 0. The maximum atomic E-state index is 13.9. The minimum Gasteiger partial charge on any atom is -0.489 e. The van der Waals surface area contributed by atoms with E-state index in [-0.39, 0.29) is 18.7 Å². The number of halogens is 1. The molecular formula is C17H13FN2O. The van der Waals surface area contributed by atoms with Crippen molar-refractivity contribution in [3.05, 3.63) is 65.0 Å². The van der Waals surface area contributed by atoms with Crippen molar-refractivity contribution >= 4 is 0 Å². The van der Waals surface area contributed by atoms with Crippen LogP contribution in [0.5, 0.6) is 5.75 Å². The first kappa shape index (κ1) is 14.6. The molecule has 2 N–H and O–H groups in total. The molecule has 0 radical (unpaired) electrons. The zero-order valence-corrected chi connectivity index (χ0v) is 11.3. The number of benzene rings is 2. The lowest BCUT2D eigenvalue weighted by Gasteiger charge is -2.08. The lowest BCUT2D eigenvalue weighted by molar-refractivity contribution is 0.299. The maximum absolute atomic E-state index is 13.9. The highest BCUT2D eigenvalue weighted by Gasteiger charge is 2.08. The van der Waals surface area contributed by atoms with Crippen molar-refractivity contribution in [3.63, 3.8) is 0 Å². The van der Waals surface area contributed by atoms with Crippen LogP contribution in [0.15, 0.2) is 42.5 Å². The molecule has 104 valence electrons. The van der Waals surface area contributed by atoms with Gasteiger partial charge < -0.3 is 10.5 Å². The van der Waals surface area contributed by atoms with Gasteiger partial charge in [0.15, 0.2) is 0 Å². The lowest BCUT2D eigenvalue weighted by atomic mass is 10.1. The Hall–Kier alpha value is -2.82. The first-order chi connectivity index (χ1) is 10.2. The van der Waals surface area contributed by atoms with Crippen LogP contribution < -0.4 is 10.5 Å². The summed E-state index contributed by atoms with van der Waals surface area (Å²) in [5.41, 5.74) is 6.45. The Morgan fingerprint density at radius 3 is 2.76 bits per heavy atom. The molecule has 0 amide bonds. The normalized spacial score (nSPS) is 9.38. The summed E-state index contributed by atoms with van der Waals surface area (Å²) in [4.78, 5) is 0. The highest BCUT2D eigenvalue weighted by molar-refractivity contribution is 5.40. The fourth-order valence-electron chi connectivity index (χ4n) is 1.76. The van der Waals surface area contributed by atoms with Crippen molar-refractivity contribution in [2.45, 2.75) is 6.61 Å². The SMILES string of the molecule is N#Cc1cccc(COc2cccc(C#CCN)c2)c1F. The second-order valence-corrected chi connectivity index (χ2v) is 4.21. The summed E-state index contributed by atoms with van der Waals surface area (Å²) in [6, 6.07) is 13.6. The van der Waals surface area contributed by atoms with E-state index in [0.717, 1.165) is 5.56 Å². The highest BCUT2D eigenvalue weighted by atomic mass is 19.1. The molecule has 2 aromatic rings. The third-order valence-electron chi connectivity index (χ3n) is 2.76. The van der Waals surface area contributed by atoms with Crippen LogP contribution in [0.4, 0.5) is 4.39 Å². The van der Waals surface area contributed by atoms with E-state index >= 15 is 0 Å². The third kappa shape index (κ3) is 3.82. The van der Waals surface area contributed by atoms with Crippen LogP contribution in [0.1, 0.15) is 16.7 Å². The average Bonchev–Trinajstić information content (AvgIpc) is 2.52. The van der Waals surface area contributed by atoms with Crippen molar-refractivity contribution in [3.8, 4) is 23.7 Å². The molecule has 0 spiro atoms. The summed E-state index contributed by atoms with van der Waals surface area (Å²) in [5, 5.41) is 8.79.